The molecule has 0 saturated heterocycles. The molecule has 1 amide bonds. The maximum atomic E-state index is 12.6. The van der Waals surface area contributed by atoms with Gasteiger partial charge in [0, 0.05) is 11.6 Å². The zero-order valence-electron chi connectivity index (χ0n) is 15.3. The van der Waals surface area contributed by atoms with E-state index in [2.05, 4.69) is 25.5 Å². The number of rotatable bonds is 5. The van der Waals surface area contributed by atoms with Gasteiger partial charge in [0.1, 0.15) is 0 Å². The summed E-state index contributed by atoms with van der Waals surface area (Å²) in [5.41, 5.74) is 3.55. The van der Waals surface area contributed by atoms with Gasteiger partial charge in [-0.25, -0.2) is 18.6 Å². The monoisotopic (exact) mass is 376 g/mol. The average molecular weight is 376 g/mol. The van der Waals surface area contributed by atoms with E-state index in [1.165, 1.54) is 12.1 Å². The van der Waals surface area contributed by atoms with Gasteiger partial charge in [-0.05, 0) is 47.7 Å². The molecule has 0 aliphatic rings. The van der Waals surface area contributed by atoms with Crippen molar-refractivity contribution in [3.63, 3.8) is 0 Å². The standard InChI is InChI=1S/C19H24N2O4S/c1-13(14-5-7-15(8-6-14)18(22)20-23)21-26(24,25)17-11-9-16(10-12-17)19(2,3)4/h5-13,21,23H,1-4H3,(H,20,22). The van der Waals surface area contributed by atoms with E-state index in [9.17, 15) is 13.2 Å². The maximum absolute atomic E-state index is 12.6. The number of hydroxylamine groups is 1. The van der Waals surface area contributed by atoms with Crippen molar-refractivity contribution in [3.8, 4) is 0 Å². The first-order valence-electron chi connectivity index (χ1n) is 8.22. The van der Waals surface area contributed by atoms with E-state index in [0.717, 1.165) is 5.56 Å². The van der Waals surface area contributed by atoms with Crippen LogP contribution in [-0.4, -0.2) is 19.5 Å². The second-order valence-electron chi connectivity index (χ2n) is 7.18. The first-order valence-corrected chi connectivity index (χ1v) is 9.70. The summed E-state index contributed by atoms with van der Waals surface area (Å²) < 4.78 is 27.8. The van der Waals surface area contributed by atoms with Crippen LogP contribution in [0, 0.1) is 0 Å². The van der Waals surface area contributed by atoms with Crippen molar-refractivity contribution in [2.45, 2.75) is 44.0 Å². The highest BCUT2D eigenvalue weighted by atomic mass is 32.2. The fourth-order valence-electron chi connectivity index (χ4n) is 2.49. The van der Waals surface area contributed by atoms with E-state index in [-0.39, 0.29) is 15.9 Å². The van der Waals surface area contributed by atoms with Crippen LogP contribution in [0.2, 0.25) is 0 Å². The molecular weight excluding hydrogens is 352 g/mol. The predicted octanol–water partition coefficient (Wildman–Crippen LogP) is 3.14. The van der Waals surface area contributed by atoms with Crippen LogP contribution in [0.4, 0.5) is 0 Å². The van der Waals surface area contributed by atoms with Crippen molar-refractivity contribution in [2.24, 2.45) is 0 Å². The molecule has 1 atom stereocenters. The molecule has 0 spiro atoms. The van der Waals surface area contributed by atoms with Crippen molar-refractivity contribution in [1.82, 2.24) is 10.2 Å². The summed E-state index contributed by atoms with van der Waals surface area (Å²) in [6.45, 7) is 7.93. The second kappa shape index (κ2) is 7.57. The Morgan fingerprint density at radius 2 is 1.54 bits per heavy atom. The zero-order valence-corrected chi connectivity index (χ0v) is 16.1. The molecule has 3 N–H and O–H groups in total. The molecule has 0 aliphatic heterocycles. The minimum atomic E-state index is -3.67. The third-order valence-corrected chi connectivity index (χ3v) is 5.69. The van der Waals surface area contributed by atoms with Crippen LogP contribution in [0.15, 0.2) is 53.4 Å². The number of nitrogens with one attached hydrogen (secondary N) is 2. The lowest BCUT2D eigenvalue weighted by molar-refractivity contribution is 0.0706. The van der Waals surface area contributed by atoms with E-state index in [4.69, 9.17) is 5.21 Å². The molecule has 6 nitrogen and oxygen atoms in total. The number of amides is 1. The SMILES string of the molecule is CC(NS(=O)(=O)c1ccc(C(C)(C)C)cc1)c1ccc(C(=O)NO)cc1. The number of hydrogen-bond donors (Lipinski definition) is 3. The van der Waals surface area contributed by atoms with Crippen LogP contribution < -0.4 is 10.2 Å². The molecule has 140 valence electrons. The van der Waals surface area contributed by atoms with Crippen LogP contribution in [0.25, 0.3) is 0 Å². The van der Waals surface area contributed by atoms with Crippen molar-refractivity contribution in [1.29, 1.82) is 0 Å². The Morgan fingerprint density at radius 1 is 1.00 bits per heavy atom. The Bertz CT molecular complexity index is 867. The normalized spacial score (nSPS) is 13.3. The Balaban J connectivity index is 2.16. The van der Waals surface area contributed by atoms with Gasteiger partial charge in [-0.15, -0.1) is 0 Å². The molecule has 0 aromatic heterocycles. The summed E-state index contributed by atoms with van der Waals surface area (Å²) in [5.74, 6) is -0.622. The fourth-order valence-corrected chi connectivity index (χ4v) is 3.72. The Labute approximate surface area is 154 Å². The topological polar surface area (TPSA) is 95.5 Å². The summed E-state index contributed by atoms with van der Waals surface area (Å²) >= 11 is 0. The highest BCUT2D eigenvalue weighted by Crippen LogP contribution is 2.24. The molecular formula is C19H24N2O4S. The van der Waals surface area contributed by atoms with Crippen LogP contribution in [0.3, 0.4) is 0 Å². The number of hydrogen-bond acceptors (Lipinski definition) is 4. The van der Waals surface area contributed by atoms with E-state index < -0.39 is 22.0 Å². The molecule has 0 heterocycles. The molecule has 0 fully saturated rings. The van der Waals surface area contributed by atoms with Gasteiger partial charge in [-0.1, -0.05) is 45.0 Å². The smallest absolute Gasteiger partial charge is 0.274 e. The van der Waals surface area contributed by atoms with Crippen molar-refractivity contribution < 1.29 is 18.4 Å². The average Bonchev–Trinajstić information content (AvgIpc) is 2.60. The summed E-state index contributed by atoms with van der Waals surface area (Å²) in [5, 5.41) is 8.62. The molecule has 26 heavy (non-hydrogen) atoms. The summed E-state index contributed by atoms with van der Waals surface area (Å²) in [7, 11) is -3.67. The predicted molar refractivity (Wildman–Crippen MR) is 99.6 cm³/mol. The second-order valence-corrected chi connectivity index (χ2v) is 8.89. The van der Waals surface area contributed by atoms with Gasteiger partial charge >= 0.3 is 0 Å². The van der Waals surface area contributed by atoms with E-state index in [1.54, 1.807) is 36.7 Å². The minimum absolute atomic E-state index is 0.0500. The zero-order chi connectivity index (χ0) is 19.5. The summed E-state index contributed by atoms with van der Waals surface area (Å²) in [4.78, 5) is 11.5. The van der Waals surface area contributed by atoms with Gasteiger partial charge in [0.15, 0.2) is 0 Å². The van der Waals surface area contributed by atoms with Gasteiger partial charge in [-0.3, -0.25) is 10.0 Å². The Hall–Kier alpha value is -2.22. The third-order valence-electron chi connectivity index (χ3n) is 4.14. The number of benzene rings is 2. The minimum Gasteiger partial charge on any atom is -0.288 e. The van der Waals surface area contributed by atoms with Gasteiger partial charge in [-0.2, -0.15) is 0 Å². The molecule has 1 unspecified atom stereocenters. The molecule has 0 saturated carbocycles. The van der Waals surface area contributed by atoms with Gasteiger partial charge in [0.2, 0.25) is 10.0 Å². The lowest BCUT2D eigenvalue weighted by atomic mass is 9.87. The quantitative estimate of drug-likeness (QED) is 0.552. The summed E-state index contributed by atoms with van der Waals surface area (Å²) in [6, 6.07) is 12.7. The lowest BCUT2D eigenvalue weighted by Crippen LogP contribution is -2.27. The van der Waals surface area contributed by atoms with Crippen molar-refractivity contribution in [3.05, 3.63) is 65.2 Å². The molecule has 2 aromatic carbocycles. The molecule has 0 bridgehead atoms. The van der Waals surface area contributed by atoms with E-state index in [1.807, 2.05) is 12.1 Å². The van der Waals surface area contributed by atoms with E-state index >= 15 is 0 Å². The van der Waals surface area contributed by atoms with Gasteiger partial charge in [0.25, 0.3) is 5.91 Å². The molecule has 7 heteroatoms. The number of carbonyl (C=O) groups excluding carboxylic acids is 1. The van der Waals surface area contributed by atoms with Crippen LogP contribution in [0.1, 0.15) is 55.2 Å². The van der Waals surface area contributed by atoms with Crippen LogP contribution in [0.5, 0.6) is 0 Å². The van der Waals surface area contributed by atoms with Crippen molar-refractivity contribution in [2.75, 3.05) is 0 Å². The number of sulfonamides is 1. The maximum Gasteiger partial charge on any atom is 0.274 e. The van der Waals surface area contributed by atoms with Gasteiger partial charge in [0.05, 0.1) is 4.90 Å². The Kier molecular flexibility index (Phi) is 5.85. The molecule has 2 rings (SSSR count). The lowest BCUT2D eigenvalue weighted by Gasteiger charge is -2.20. The van der Waals surface area contributed by atoms with E-state index in [0.29, 0.717) is 5.56 Å². The largest absolute Gasteiger partial charge is 0.288 e. The Morgan fingerprint density at radius 3 is 2.00 bits per heavy atom. The molecule has 0 aliphatic carbocycles. The number of carbonyl (C=O) groups is 1. The third kappa shape index (κ3) is 4.69. The molecule has 2 aromatic rings. The first kappa shape index (κ1) is 20.1. The highest BCUT2D eigenvalue weighted by Gasteiger charge is 2.20. The highest BCUT2D eigenvalue weighted by molar-refractivity contribution is 7.89. The van der Waals surface area contributed by atoms with Crippen LogP contribution >= 0.6 is 0 Å². The van der Waals surface area contributed by atoms with Crippen molar-refractivity contribution >= 4 is 15.9 Å². The van der Waals surface area contributed by atoms with Crippen LogP contribution in [-0.2, 0) is 15.4 Å². The van der Waals surface area contributed by atoms with Gasteiger partial charge < -0.3 is 0 Å². The summed E-state index contributed by atoms with van der Waals surface area (Å²) in [6.07, 6.45) is 0. The first-order chi connectivity index (χ1) is 12.0. The fraction of sp³-hybridized carbons (Fsp3) is 0.316. The molecule has 0 radical (unpaired) electrons.